The van der Waals surface area contributed by atoms with Gasteiger partial charge in [-0.2, -0.15) is 0 Å². The zero-order valence-electron chi connectivity index (χ0n) is 15.2. The van der Waals surface area contributed by atoms with Crippen molar-refractivity contribution < 1.29 is 13.6 Å². The molecule has 1 fully saturated rings. The minimum absolute atomic E-state index is 0.0690. The molecule has 0 aliphatic carbocycles. The number of likely N-dealkylation sites (tertiary alicyclic amines) is 1. The van der Waals surface area contributed by atoms with Crippen molar-refractivity contribution >= 4 is 11.5 Å². The van der Waals surface area contributed by atoms with E-state index in [1.54, 1.807) is 0 Å². The van der Waals surface area contributed by atoms with Gasteiger partial charge in [-0.25, -0.2) is 8.78 Å². The number of rotatable bonds is 5. The van der Waals surface area contributed by atoms with Gasteiger partial charge in [0.05, 0.1) is 5.56 Å². The molecule has 138 valence electrons. The molecular formula is C21H24F2N2O. The third-order valence-corrected chi connectivity index (χ3v) is 5.15. The Morgan fingerprint density at radius 1 is 1.15 bits per heavy atom. The van der Waals surface area contributed by atoms with Crippen LogP contribution >= 0.6 is 0 Å². The van der Waals surface area contributed by atoms with E-state index in [-0.39, 0.29) is 17.8 Å². The van der Waals surface area contributed by atoms with Gasteiger partial charge in [0.2, 0.25) is 0 Å². The highest BCUT2D eigenvalue weighted by molar-refractivity contribution is 5.97. The maximum Gasteiger partial charge on any atom is 0.170 e. The first-order valence-corrected chi connectivity index (χ1v) is 8.92. The number of piperidine rings is 1. The molecule has 0 atom stereocenters. The molecule has 0 amide bonds. The Bertz CT molecular complexity index is 785. The molecule has 1 heterocycles. The van der Waals surface area contributed by atoms with Crippen LogP contribution in [-0.2, 0) is 6.42 Å². The number of anilines is 1. The van der Waals surface area contributed by atoms with Crippen LogP contribution in [0.15, 0.2) is 42.5 Å². The Hall–Kier alpha value is -2.27. The molecule has 0 saturated carbocycles. The van der Waals surface area contributed by atoms with Crippen molar-refractivity contribution in [2.75, 3.05) is 32.1 Å². The topological polar surface area (TPSA) is 23.6 Å². The molecule has 3 nitrogen and oxygen atoms in total. The van der Waals surface area contributed by atoms with Gasteiger partial charge in [0.15, 0.2) is 5.78 Å². The van der Waals surface area contributed by atoms with Crippen LogP contribution in [0.2, 0.25) is 0 Å². The average molecular weight is 358 g/mol. The number of halogens is 2. The zero-order chi connectivity index (χ0) is 18.7. The number of hydrogen-bond donors (Lipinski definition) is 0. The largest absolute Gasteiger partial charge is 0.372 e. The molecule has 0 bridgehead atoms. The first-order valence-electron chi connectivity index (χ1n) is 8.92. The number of ketones is 1. The molecule has 2 aromatic carbocycles. The first kappa shape index (κ1) is 18.5. The molecule has 1 saturated heterocycles. The number of carbonyl (C=O) groups excluding carboxylic acids is 1. The van der Waals surface area contributed by atoms with Crippen LogP contribution in [0.1, 0.15) is 28.8 Å². The van der Waals surface area contributed by atoms with Gasteiger partial charge in [0, 0.05) is 31.3 Å². The van der Waals surface area contributed by atoms with Crippen molar-refractivity contribution in [1.29, 1.82) is 0 Å². The molecule has 2 aromatic rings. The number of benzene rings is 2. The Labute approximate surface area is 153 Å². The van der Waals surface area contributed by atoms with Crippen LogP contribution in [0.4, 0.5) is 14.5 Å². The monoisotopic (exact) mass is 358 g/mol. The summed E-state index contributed by atoms with van der Waals surface area (Å²) in [6.45, 7) is 2.16. The second-order valence-corrected chi connectivity index (χ2v) is 7.04. The number of hydrogen-bond acceptors (Lipinski definition) is 3. The number of nitrogens with zero attached hydrogens (tertiary/aromatic N) is 2. The maximum atomic E-state index is 13.8. The summed E-state index contributed by atoms with van der Waals surface area (Å²) < 4.78 is 26.8. The Kier molecular flexibility index (Phi) is 5.67. The molecule has 0 unspecified atom stereocenters. The highest BCUT2D eigenvalue weighted by atomic mass is 19.1. The molecule has 0 spiro atoms. The van der Waals surface area contributed by atoms with Crippen molar-refractivity contribution in [3.8, 4) is 0 Å². The lowest BCUT2D eigenvalue weighted by atomic mass is 10.0. The lowest BCUT2D eigenvalue weighted by Crippen LogP contribution is -2.42. The average Bonchev–Trinajstić information content (AvgIpc) is 2.62. The molecule has 5 heteroatoms. The highest BCUT2D eigenvalue weighted by Crippen LogP contribution is 2.23. The van der Waals surface area contributed by atoms with E-state index in [2.05, 4.69) is 23.9 Å². The lowest BCUT2D eigenvalue weighted by molar-refractivity contribution is 0.0989. The predicted molar refractivity (Wildman–Crippen MR) is 99.8 cm³/mol. The quantitative estimate of drug-likeness (QED) is 0.757. The van der Waals surface area contributed by atoms with E-state index in [0.29, 0.717) is 6.04 Å². The van der Waals surface area contributed by atoms with E-state index < -0.39 is 11.6 Å². The maximum absolute atomic E-state index is 13.8. The molecule has 1 aliphatic rings. The van der Waals surface area contributed by atoms with Crippen molar-refractivity contribution in [3.05, 3.63) is 65.2 Å². The lowest BCUT2D eigenvalue weighted by Gasteiger charge is -2.36. The molecule has 3 rings (SSSR count). The summed E-state index contributed by atoms with van der Waals surface area (Å²) in [6, 6.07) is 11.4. The molecule has 0 aromatic heterocycles. The van der Waals surface area contributed by atoms with Crippen LogP contribution in [0.25, 0.3) is 0 Å². The summed E-state index contributed by atoms with van der Waals surface area (Å²) in [7, 11) is 4.22. The fourth-order valence-corrected chi connectivity index (χ4v) is 3.48. The van der Waals surface area contributed by atoms with Gasteiger partial charge >= 0.3 is 0 Å². The van der Waals surface area contributed by atoms with Crippen molar-refractivity contribution in [2.24, 2.45) is 0 Å². The zero-order valence-corrected chi connectivity index (χ0v) is 15.2. The summed E-state index contributed by atoms with van der Waals surface area (Å²) in [6.07, 6.45) is 2.31. The van der Waals surface area contributed by atoms with Gasteiger partial charge in [-0.05, 0) is 62.8 Å². The molecule has 0 radical (unpaired) electrons. The minimum Gasteiger partial charge on any atom is -0.372 e. The van der Waals surface area contributed by atoms with Crippen LogP contribution < -0.4 is 4.90 Å². The Morgan fingerprint density at radius 2 is 1.88 bits per heavy atom. The van der Waals surface area contributed by atoms with Crippen molar-refractivity contribution in [1.82, 2.24) is 4.90 Å². The van der Waals surface area contributed by atoms with Gasteiger partial charge in [-0.3, -0.25) is 4.79 Å². The molecular weight excluding hydrogens is 334 g/mol. The number of Topliss-reactive ketones (excluding diaryl/α,β-unsaturated/α-hetero) is 1. The second-order valence-electron chi connectivity index (χ2n) is 7.04. The van der Waals surface area contributed by atoms with Crippen LogP contribution in [0.3, 0.4) is 0 Å². The van der Waals surface area contributed by atoms with E-state index in [0.717, 1.165) is 49.3 Å². The van der Waals surface area contributed by atoms with Gasteiger partial charge in [0.25, 0.3) is 0 Å². The van der Waals surface area contributed by atoms with Gasteiger partial charge < -0.3 is 9.80 Å². The Balaban J connectivity index is 1.71. The smallest absolute Gasteiger partial charge is 0.170 e. The molecule has 0 N–H and O–H groups in total. The van der Waals surface area contributed by atoms with Gasteiger partial charge in [-0.15, -0.1) is 0 Å². The van der Waals surface area contributed by atoms with E-state index in [1.165, 1.54) is 6.07 Å². The summed E-state index contributed by atoms with van der Waals surface area (Å²) >= 11 is 0. The fraction of sp³-hybridized carbons (Fsp3) is 0.381. The van der Waals surface area contributed by atoms with Crippen molar-refractivity contribution in [2.45, 2.75) is 25.3 Å². The van der Waals surface area contributed by atoms with Crippen LogP contribution in [-0.4, -0.2) is 43.9 Å². The minimum atomic E-state index is -0.811. The number of carbonyl (C=O) groups is 1. The standard InChI is InChI=1S/C21H24F2N2O/c1-24-10-8-17(9-11-24)25(2)18-5-3-4-15(12-18)13-21(26)19-7-6-16(22)14-20(19)23/h3-7,12,14,17H,8-11,13H2,1-2H3. The third kappa shape index (κ3) is 4.28. The van der Waals surface area contributed by atoms with E-state index in [4.69, 9.17) is 0 Å². The molecule has 1 aliphatic heterocycles. The summed E-state index contributed by atoms with van der Waals surface area (Å²) in [5.41, 5.74) is 1.82. The highest BCUT2D eigenvalue weighted by Gasteiger charge is 2.21. The predicted octanol–water partition coefficient (Wildman–Crippen LogP) is 3.92. The SMILES string of the molecule is CN1CCC(N(C)c2cccc(CC(=O)c3ccc(F)cc3F)c2)CC1. The van der Waals surface area contributed by atoms with E-state index in [1.807, 2.05) is 24.3 Å². The summed E-state index contributed by atoms with van der Waals surface area (Å²) in [5, 5.41) is 0. The van der Waals surface area contributed by atoms with Crippen LogP contribution in [0.5, 0.6) is 0 Å². The fourth-order valence-electron chi connectivity index (χ4n) is 3.48. The summed E-state index contributed by atoms with van der Waals surface area (Å²) in [5.74, 6) is -1.84. The Morgan fingerprint density at radius 3 is 2.58 bits per heavy atom. The van der Waals surface area contributed by atoms with Gasteiger partial charge in [-0.1, -0.05) is 12.1 Å². The first-order chi connectivity index (χ1) is 12.4. The van der Waals surface area contributed by atoms with Gasteiger partial charge in [0.1, 0.15) is 11.6 Å². The van der Waals surface area contributed by atoms with Crippen molar-refractivity contribution in [3.63, 3.8) is 0 Å². The third-order valence-electron chi connectivity index (χ3n) is 5.15. The van der Waals surface area contributed by atoms with E-state index >= 15 is 0 Å². The summed E-state index contributed by atoms with van der Waals surface area (Å²) in [4.78, 5) is 17.0. The molecule has 26 heavy (non-hydrogen) atoms. The normalized spacial score (nSPS) is 15.8. The van der Waals surface area contributed by atoms with Crippen LogP contribution in [0, 0.1) is 11.6 Å². The second kappa shape index (κ2) is 7.96. The van der Waals surface area contributed by atoms with E-state index in [9.17, 15) is 13.6 Å².